The summed E-state index contributed by atoms with van der Waals surface area (Å²) in [6.07, 6.45) is -1.60. The van der Waals surface area contributed by atoms with Crippen molar-refractivity contribution < 1.29 is 31.1 Å². The number of sulfone groups is 1. The van der Waals surface area contributed by atoms with Crippen molar-refractivity contribution in [3.05, 3.63) is 71.0 Å². The van der Waals surface area contributed by atoms with Gasteiger partial charge in [-0.15, -0.1) is 0 Å². The van der Waals surface area contributed by atoms with Gasteiger partial charge in [-0.25, -0.2) is 13.4 Å². The maximum atomic E-state index is 12.7. The fraction of sp³-hybridized carbons (Fsp3) is 0.238. The van der Waals surface area contributed by atoms with Crippen LogP contribution in [-0.2, 0) is 29.0 Å². The second kappa shape index (κ2) is 7.97. The molecule has 168 valence electrons. The number of hydrogen-bond donors (Lipinski definition) is 1. The van der Waals surface area contributed by atoms with E-state index < -0.39 is 21.6 Å². The van der Waals surface area contributed by atoms with E-state index in [4.69, 9.17) is 4.74 Å². The van der Waals surface area contributed by atoms with E-state index in [1.54, 1.807) is 23.1 Å². The first kappa shape index (κ1) is 21.9. The summed E-state index contributed by atoms with van der Waals surface area (Å²) in [6.45, 7) is 0.715. The van der Waals surface area contributed by atoms with Crippen LogP contribution in [0, 0.1) is 0 Å². The number of aromatic amines is 1. The number of imidazole rings is 1. The van der Waals surface area contributed by atoms with Crippen LogP contribution >= 0.6 is 0 Å². The normalized spacial score (nSPS) is 14.2. The van der Waals surface area contributed by atoms with E-state index >= 15 is 0 Å². The Balaban J connectivity index is 1.45. The summed E-state index contributed by atoms with van der Waals surface area (Å²) in [6, 6.07) is 9.71. The summed E-state index contributed by atoms with van der Waals surface area (Å²) >= 11 is 0. The molecule has 7 nitrogen and oxygen atoms in total. The number of carbonyl (C=O) groups is 1. The predicted octanol–water partition coefficient (Wildman–Crippen LogP) is 3.82. The lowest BCUT2D eigenvalue weighted by Crippen LogP contribution is -2.36. The Labute approximate surface area is 181 Å². The number of aromatic nitrogens is 2. The molecule has 0 unspecified atom stereocenters. The van der Waals surface area contributed by atoms with Gasteiger partial charge in [0.05, 0.1) is 5.56 Å². The number of halogens is 3. The van der Waals surface area contributed by atoms with Gasteiger partial charge >= 0.3 is 6.18 Å². The first-order chi connectivity index (χ1) is 15.0. The first-order valence-electron chi connectivity index (χ1n) is 9.52. The molecular formula is C21H18F3N3O4S. The van der Waals surface area contributed by atoms with Gasteiger partial charge in [-0.05, 0) is 53.9 Å². The molecule has 0 fully saturated rings. The summed E-state index contributed by atoms with van der Waals surface area (Å²) < 4.78 is 66.8. The zero-order chi connectivity index (χ0) is 23.1. The number of ether oxygens (including phenoxy) is 1. The van der Waals surface area contributed by atoms with Crippen LogP contribution in [0.4, 0.5) is 13.2 Å². The molecule has 32 heavy (non-hydrogen) atoms. The number of nitrogens with one attached hydrogen (secondary N) is 1. The molecule has 1 aromatic heterocycles. The van der Waals surface area contributed by atoms with Gasteiger partial charge in [-0.1, -0.05) is 6.07 Å². The third-order valence-corrected chi connectivity index (χ3v) is 5.93. The van der Waals surface area contributed by atoms with Crippen molar-refractivity contribution in [1.29, 1.82) is 0 Å². The number of H-pyrrole nitrogens is 1. The molecule has 0 aliphatic carbocycles. The lowest BCUT2D eigenvalue weighted by atomic mass is 9.99. The fourth-order valence-corrected chi connectivity index (χ4v) is 3.92. The van der Waals surface area contributed by atoms with E-state index in [9.17, 15) is 26.4 Å². The second-order valence-corrected chi connectivity index (χ2v) is 9.33. The average molecular weight is 465 g/mol. The van der Waals surface area contributed by atoms with E-state index in [1.165, 1.54) is 18.3 Å². The molecule has 1 N–H and O–H groups in total. The van der Waals surface area contributed by atoms with Gasteiger partial charge in [-0.2, -0.15) is 13.2 Å². The van der Waals surface area contributed by atoms with E-state index in [1.807, 2.05) is 0 Å². The Morgan fingerprint density at radius 2 is 1.78 bits per heavy atom. The van der Waals surface area contributed by atoms with Crippen LogP contribution in [0.3, 0.4) is 0 Å². The van der Waals surface area contributed by atoms with Crippen molar-refractivity contribution in [2.24, 2.45) is 0 Å². The lowest BCUT2D eigenvalue weighted by molar-refractivity contribution is -0.137. The number of rotatable bonds is 4. The SMILES string of the molecule is CS(=O)(=O)c1nc(C(=O)N2CCc3cc(Oc4ccc(C(F)(F)F)cc4)ccc3C2)c[nH]1. The minimum Gasteiger partial charge on any atom is -0.457 e. The smallest absolute Gasteiger partial charge is 0.416 e. The quantitative estimate of drug-likeness (QED) is 0.633. The van der Waals surface area contributed by atoms with Crippen LogP contribution in [0.5, 0.6) is 11.5 Å². The Morgan fingerprint density at radius 1 is 1.09 bits per heavy atom. The van der Waals surface area contributed by atoms with Crippen molar-refractivity contribution in [3.8, 4) is 11.5 Å². The topological polar surface area (TPSA) is 92.4 Å². The highest BCUT2D eigenvalue weighted by atomic mass is 32.2. The number of carbonyl (C=O) groups excluding carboxylic acids is 1. The Morgan fingerprint density at radius 3 is 2.41 bits per heavy atom. The minimum absolute atomic E-state index is 0.0242. The van der Waals surface area contributed by atoms with Crippen molar-refractivity contribution in [2.75, 3.05) is 12.8 Å². The molecule has 2 aromatic carbocycles. The molecule has 1 amide bonds. The third kappa shape index (κ3) is 4.62. The maximum Gasteiger partial charge on any atom is 0.416 e. The maximum absolute atomic E-state index is 12.7. The molecule has 0 radical (unpaired) electrons. The highest BCUT2D eigenvalue weighted by Gasteiger charge is 2.30. The van der Waals surface area contributed by atoms with Crippen LogP contribution in [0.25, 0.3) is 0 Å². The zero-order valence-corrected chi connectivity index (χ0v) is 17.6. The summed E-state index contributed by atoms with van der Waals surface area (Å²) in [5, 5.41) is -0.261. The largest absolute Gasteiger partial charge is 0.457 e. The molecule has 2 heterocycles. The standard InChI is InChI=1S/C21H18F3N3O4S/c1-32(29,30)20-25-11-18(26-20)19(28)27-9-8-13-10-17(5-2-14(13)12-27)31-16-6-3-15(4-7-16)21(22,23)24/h2-7,10-11H,8-9,12H2,1H3,(H,25,26). The zero-order valence-electron chi connectivity index (χ0n) is 16.8. The molecule has 0 saturated carbocycles. The molecule has 1 aliphatic heterocycles. The summed E-state index contributed by atoms with van der Waals surface area (Å²) in [5.41, 5.74) is 1.12. The van der Waals surface area contributed by atoms with Gasteiger partial charge in [0, 0.05) is 25.5 Å². The van der Waals surface area contributed by atoms with Crippen molar-refractivity contribution in [3.63, 3.8) is 0 Å². The Hall–Kier alpha value is -3.34. The van der Waals surface area contributed by atoms with Gasteiger partial charge in [0.25, 0.3) is 5.91 Å². The van der Waals surface area contributed by atoms with Crippen molar-refractivity contribution >= 4 is 15.7 Å². The lowest BCUT2D eigenvalue weighted by Gasteiger charge is -2.28. The van der Waals surface area contributed by atoms with E-state index in [-0.39, 0.29) is 22.5 Å². The summed E-state index contributed by atoms with van der Waals surface area (Å²) in [7, 11) is -3.54. The number of hydrogen-bond acceptors (Lipinski definition) is 5. The van der Waals surface area contributed by atoms with Crippen LogP contribution in [-0.4, -0.2) is 42.0 Å². The predicted molar refractivity (Wildman–Crippen MR) is 108 cm³/mol. The Kier molecular flexibility index (Phi) is 5.45. The van der Waals surface area contributed by atoms with Gasteiger partial charge < -0.3 is 14.6 Å². The van der Waals surface area contributed by atoms with Gasteiger partial charge in [0.2, 0.25) is 15.0 Å². The monoisotopic (exact) mass is 465 g/mol. The van der Waals surface area contributed by atoms with E-state index in [0.717, 1.165) is 29.5 Å². The summed E-state index contributed by atoms with van der Waals surface area (Å²) in [4.78, 5) is 20.6. The minimum atomic E-state index is -4.41. The molecular weight excluding hydrogens is 447 g/mol. The average Bonchev–Trinajstić information content (AvgIpc) is 3.23. The molecule has 0 spiro atoms. The summed E-state index contributed by atoms with van der Waals surface area (Å²) in [5.74, 6) is 0.381. The van der Waals surface area contributed by atoms with E-state index in [2.05, 4.69) is 9.97 Å². The number of benzene rings is 2. The molecule has 0 saturated heterocycles. The fourth-order valence-electron chi connectivity index (χ4n) is 3.38. The number of alkyl halides is 3. The highest BCUT2D eigenvalue weighted by Crippen LogP contribution is 2.32. The third-order valence-electron chi connectivity index (χ3n) is 5.02. The molecule has 0 bridgehead atoms. The van der Waals surface area contributed by atoms with Gasteiger partial charge in [0.15, 0.2) is 0 Å². The Bertz CT molecular complexity index is 1270. The first-order valence-corrected chi connectivity index (χ1v) is 11.4. The van der Waals surface area contributed by atoms with Crippen LogP contribution in [0.2, 0.25) is 0 Å². The van der Waals surface area contributed by atoms with Gasteiger partial charge in [0.1, 0.15) is 17.2 Å². The number of nitrogens with zero attached hydrogens (tertiary/aromatic N) is 2. The highest BCUT2D eigenvalue weighted by molar-refractivity contribution is 7.90. The van der Waals surface area contributed by atoms with Gasteiger partial charge in [-0.3, -0.25) is 4.79 Å². The van der Waals surface area contributed by atoms with Crippen LogP contribution in [0.15, 0.2) is 53.8 Å². The van der Waals surface area contributed by atoms with Crippen LogP contribution < -0.4 is 4.74 Å². The van der Waals surface area contributed by atoms with Crippen molar-refractivity contribution in [2.45, 2.75) is 24.3 Å². The second-order valence-electron chi connectivity index (χ2n) is 7.39. The van der Waals surface area contributed by atoms with E-state index in [0.29, 0.717) is 25.3 Å². The molecule has 11 heteroatoms. The van der Waals surface area contributed by atoms with Crippen molar-refractivity contribution in [1.82, 2.24) is 14.9 Å². The number of amides is 1. The van der Waals surface area contributed by atoms with Crippen LogP contribution in [0.1, 0.15) is 27.2 Å². The molecule has 4 rings (SSSR count). The number of fused-ring (bicyclic) bond motifs is 1. The molecule has 0 atom stereocenters. The molecule has 1 aliphatic rings. The molecule has 3 aromatic rings.